The number of ketones is 1. The first-order valence-electron chi connectivity index (χ1n) is 12.1. The number of carbonyl (C=O) groups excluding carboxylic acids is 2. The summed E-state index contributed by atoms with van der Waals surface area (Å²) in [5.41, 5.74) is 4.03. The van der Waals surface area contributed by atoms with Gasteiger partial charge < -0.3 is 20.5 Å². The van der Waals surface area contributed by atoms with E-state index in [9.17, 15) is 19.8 Å². The van der Waals surface area contributed by atoms with Crippen LogP contribution in [0.5, 0.6) is 5.75 Å². The number of aromatic nitrogens is 1. The Morgan fingerprint density at radius 3 is 2.18 bits per heavy atom. The van der Waals surface area contributed by atoms with Crippen molar-refractivity contribution in [1.29, 1.82) is 0 Å². The number of aromatic amines is 1. The number of phenols is 1. The van der Waals surface area contributed by atoms with E-state index in [1.54, 1.807) is 30.5 Å². The fourth-order valence-electron chi connectivity index (χ4n) is 4.88. The van der Waals surface area contributed by atoms with E-state index >= 15 is 0 Å². The molecule has 7 heteroatoms. The van der Waals surface area contributed by atoms with Crippen LogP contribution in [0.1, 0.15) is 17.2 Å². The standard InChI is InChI=1S/C31H23N3O4/c35-23-16-10-19(11-17-23)28-27(29(36)25-18-32-26-9-5-4-8-24(25)26)30(37)31(38)34(28)22-14-12-21(13-15-22)33-20-6-2-1-3-7-20/h1-18,28,32-33,35-36H/b29-27-. The number of nitrogens with zero attached hydrogens (tertiary/aromatic N) is 1. The molecule has 1 aliphatic heterocycles. The second-order valence-corrected chi connectivity index (χ2v) is 9.05. The van der Waals surface area contributed by atoms with Gasteiger partial charge in [-0.15, -0.1) is 0 Å². The van der Waals surface area contributed by atoms with Crippen molar-refractivity contribution in [2.24, 2.45) is 0 Å². The lowest BCUT2D eigenvalue weighted by Gasteiger charge is -2.25. The lowest BCUT2D eigenvalue weighted by atomic mass is 9.95. The summed E-state index contributed by atoms with van der Waals surface area (Å²) in [5.74, 6) is -1.73. The number of H-pyrrole nitrogens is 1. The fourth-order valence-corrected chi connectivity index (χ4v) is 4.88. The third-order valence-electron chi connectivity index (χ3n) is 6.71. The number of Topliss-reactive ketones (excluding diaryl/α,β-unsaturated/α-hetero) is 1. The van der Waals surface area contributed by atoms with Crippen LogP contribution in [0.15, 0.2) is 115 Å². The van der Waals surface area contributed by atoms with Crippen molar-refractivity contribution in [3.8, 4) is 5.75 Å². The third-order valence-corrected chi connectivity index (χ3v) is 6.71. The van der Waals surface area contributed by atoms with E-state index < -0.39 is 17.7 Å². The molecule has 5 aromatic rings. The number of aromatic hydroxyl groups is 1. The Hall–Kier alpha value is -5.30. The summed E-state index contributed by atoms with van der Waals surface area (Å²) >= 11 is 0. The van der Waals surface area contributed by atoms with Gasteiger partial charge in [0.05, 0.1) is 11.6 Å². The lowest BCUT2D eigenvalue weighted by Crippen LogP contribution is -2.29. The Morgan fingerprint density at radius 1 is 0.789 bits per heavy atom. The Morgan fingerprint density at radius 2 is 1.45 bits per heavy atom. The molecule has 4 N–H and O–H groups in total. The largest absolute Gasteiger partial charge is 0.508 e. The van der Waals surface area contributed by atoms with Gasteiger partial charge in [-0.2, -0.15) is 0 Å². The molecule has 0 spiro atoms. The number of phenolic OH excluding ortho intramolecular Hbond substituents is 1. The highest BCUT2D eigenvalue weighted by molar-refractivity contribution is 6.51. The van der Waals surface area contributed by atoms with Crippen LogP contribution in [0.2, 0.25) is 0 Å². The maximum atomic E-state index is 13.4. The van der Waals surface area contributed by atoms with Crippen molar-refractivity contribution in [3.63, 3.8) is 0 Å². The summed E-state index contributed by atoms with van der Waals surface area (Å²) in [6, 6.07) is 29.7. The first kappa shape index (κ1) is 23.1. The quantitative estimate of drug-likeness (QED) is 0.130. The molecule has 1 aromatic heterocycles. The molecule has 4 aromatic carbocycles. The Labute approximate surface area is 218 Å². The van der Waals surface area contributed by atoms with E-state index in [-0.39, 0.29) is 17.1 Å². The Balaban J connectivity index is 1.46. The number of hydrogen-bond acceptors (Lipinski definition) is 5. The second kappa shape index (κ2) is 9.29. The minimum atomic E-state index is -0.891. The summed E-state index contributed by atoms with van der Waals surface area (Å²) in [6.07, 6.45) is 1.63. The smallest absolute Gasteiger partial charge is 0.300 e. The highest BCUT2D eigenvalue weighted by Crippen LogP contribution is 2.43. The van der Waals surface area contributed by atoms with Crippen molar-refractivity contribution < 1.29 is 19.8 Å². The van der Waals surface area contributed by atoms with Crippen LogP contribution in [0.3, 0.4) is 0 Å². The first-order valence-corrected chi connectivity index (χ1v) is 12.1. The molecule has 38 heavy (non-hydrogen) atoms. The second-order valence-electron chi connectivity index (χ2n) is 9.05. The van der Waals surface area contributed by atoms with E-state index in [0.717, 1.165) is 22.3 Å². The minimum absolute atomic E-state index is 0.0167. The number of aliphatic hydroxyl groups excluding tert-OH is 1. The SMILES string of the molecule is O=C1C(=O)N(c2ccc(Nc3ccccc3)cc2)C(c2ccc(O)cc2)/C1=C(/O)c1c[nH]c2ccccc12. The van der Waals surface area contributed by atoms with Gasteiger partial charge in [-0.3, -0.25) is 14.5 Å². The molecular formula is C31H23N3O4. The number of fused-ring (bicyclic) bond motifs is 1. The highest BCUT2D eigenvalue weighted by atomic mass is 16.3. The number of carbonyl (C=O) groups is 2. The van der Waals surface area contributed by atoms with E-state index in [1.165, 1.54) is 17.0 Å². The number of aliphatic hydroxyl groups is 1. The van der Waals surface area contributed by atoms with Crippen LogP contribution in [-0.2, 0) is 9.59 Å². The molecule has 0 bridgehead atoms. The van der Waals surface area contributed by atoms with Crippen LogP contribution in [0, 0.1) is 0 Å². The molecule has 0 radical (unpaired) electrons. The number of benzene rings is 4. The molecule has 0 aliphatic carbocycles. The predicted octanol–water partition coefficient (Wildman–Crippen LogP) is 6.24. The van der Waals surface area contributed by atoms with Crippen molar-refractivity contribution in [1.82, 2.24) is 4.98 Å². The molecule has 1 amide bonds. The van der Waals surface area contributed by atoms with Crippen LogP contribution >= 0.6 is 0 Å². The predicted molar refractivity (Wildman–Crippen MR) is 147 cm³/mol. The molecule has 0 saturated carbocycles. The van der Waals surface area contributed by atoms with Gasteiger partial charge in [0.25, 0.3) is 11.7 Å². The van der Waals surface area contributed by atoms with E-state index in [2.05, 4.69) is 10.3 Å². The van der Waals surface area contributed by atoms with Gasteiger partial charge >= 0.3 is 0 Å². The highest BCUT2D eigenvalue weighted by Gasteiger charge is 2.47. The van der Waals surface area contributed by atoms with Gasteiger partial charge in [-0.1, -0.05) is 48.5 Å². The molecule has 1 aliphatic rings. The zero-order valence-corrected chi connectivity index (χ0v) is 20.1. The van der Waals surface area contributed by atoms with Crippen molar-refractivity contribution in [2.45, 2.75) is 6.04 Å². The van der Waals surface area contributed by atoms with Crippen molar-refractivity contribution in [2.75, 3.05) is 10.2 Å². The third kappa shape index (κ3) is 3.96. The van der Waals surface area contributed by atoms with Gasteiger partial charge in [0, 0.05) is 39.7 Å². The van der Waals surface area contributed by atoms with E-state index in [4.69, 9.17) is 0 Å². The Kier molecular flexibility index (Phi) is 5.65. The number of hydrogen-bond donors (Lipinski definition) is 4. The molecule has 2 heterocycles. The molecular weight excluding hydrogens is 478 g/mol. The summed E-state index contributed by atoms with van der Waals surface area (Å²) in [7, 11) is 0. The summed E-state index contributed by atoms with van der Waals surface area (Å²) in [6.45, 7) is 0. The number of amides is 1. The van der Waals surface area contributed by atoms with Crippen LogP contribution in [0.25, 0.3) is 16.7 Å². The normalized spacial score (nSPS) is 16.7. The van der Waals surface area contributed by atoms with Crippen molar-refractivity contribution in [3.05, 3.63) is 126 Å². The minimum Gasteiger partial charge on any atom is -0.508 e. The van der Waals surface area contributed by atoms with Gasteiger partial charge in [0.1, 0.15) is 11.5 Å². The van der Waals surface area contributed by atoms with Crippen LogP contribution in [0.4, 0.5) is 17.1 Å². The van der Waals surface area contributed by atoms with Gasteiger partial charge in [0.15, 0.2) is 0 Å². The zero-order chi connectivity index (χ0) is 26.2. The fraction of sp³-hybridized carbons (Fsp3) is 0.0323. The summed E-state index contributed by atoms with van der Waals surface area (Å²) < 4.78 is 0. The zero-order valence-electron chi connectivity index (χ0n) is 20.1. The van der Waals surface area contributed by atoms with Crippen LogP contribution in [-0.4, -0.2) is 26.9 Å². The maximum absolute atomic E-state index is 13.4. The average molecular weight is 502 g/mol. The van der Waals surface area contributed by atoms with Crippen molar-refractivity contribution >= 4 is 45.4 Å². The van der Waals surface area contributed by atoms with Gasteiger partial charge in [-0.25, -0.2) is 0 Å². The maximum Gasteiger partial charge on any atom is 0.300 e. The molecule has 186 valence electrons. The summed E-state index contributed by atoms with van der Waals surface area (Å²) in [4.78, 5) is 31.4. The number of nitrogens with one attached hydrogen (secondary N) is 2. The monoisotopic (exact) mass is 501 g/mol. The molecule has 1 unspecified atom stereocenters. The summed E-state index contributed by atoms with van der Waals surface area (Å²) in [5, 5.41) is 25.4. The molecule has 6 rings (SSSR count). The lowest BCUT2D eigenvalue weighted by molar-refractivity contribution is -0.132. The first-order chi connectivity index (χ1) is 18.5. The van der Waals surface area contributed by atoms with Gasteiger partial charge in [0.2, 0.25) is 0 Å². The molecule has 1 fully saturated rings. The number of para-hydroxylation sites is 2. The molecule has 1 saturated heterocycles. The Bertz CT molecular complexity index is 1690. The molecule has 1 atom stereocenters. The van der Waals surface area contributed by atoms with Crippen LogP contribution < -0.4 is 10.2 Å². The number of rotatable bonds is 5. The molecule has 7 nitrogen and oxygen atoms in total. The number of anilines is 3. The van der Waals surface area contributed by atoms with E-state index in [1.807, 2.05) is 66.7 Å². The van der Waals surface area contributed by atoms with Gasteiger partial charge in [-0.05, 0) is 60.2 Å². The topological polar surface area (TPSA) is 106 Å². The van der Waals surface area contributed by atoms with E-state index in [0.29, 0.717) is 16.8 Å². The average Bonchev–Trinajstić information content (AvgIpc) is 3.49.